The van der Waals surface area contributed by atoms with Gasteiger partial charge in [0.15, 0.2) is 0 Å². The van der Waals surface area contributed by atoms with Gasteiger partial charge in [-0.3, -0.25) is 0 Å². The highest BCUT2D eigenvalue weighted by Gasteiger charge is 2.21. The van der Waals surface area contributed by atoms with Crippen LogP contribution < -0.4 is 4.74 Å². The van der Waals surface area contributed by atoms with E-state index in [4.69, 9.17) is 4.74 Å². The zero-order valence-corrected chi connectivity index (χ0v) is 12.3. The Kier molecular flexibility index (Phi) is 4.78. The first-order valence-electron chi connectivity index (χ1n) is 6.66. The highest BCUT2D eigenvalue weighted by atomic mass is 16.5. The maximum atomic E-state index is 11.7. The first-order valence-corrected chi connectivity index (χ1v) is 6.66. The molecule has 0 aliphatic rings. The molecule has 0 radical (unpaired) electrons. The lowest BCUT2D eigenvalue weighted by Crippen LogP contribution is -2.12. The maximum absolute atomic E-state index is 11.7. The lowest BCUT2D eigenvalue weighted by molar-refractivity contribution is 0.0581. The van der Waals surface area contributed by atoms with Crippen LogP contribution in [0.25, 0.3) is 0 Å². The average molecular weight is 300 g/mol. The van der Waals surface area contributed by atoms with E-state index in [1.807, 2.05) is 30.3 Å². The van der Waals surface area contributed by atoms with Crippen molar-refractivity contribution in [3.05, 3.63) is 64.7 Å². The molecule has 0 atom stereocenters. The third-order valence-corrected chi connectivity index (χ3v) is 3.18. The van der Waals surface area contributed by atoms with E-state index in [2.05, 4.69) is 4.74 Å². The highest BCUT2D eigenvalue weighted by molar-refractivity contribution is 6.03. The summed E-state index contributed by atoms with van der Waals surface area (Å²) in [7, 11) is 1.22. The Bertz CT molecular complexity index is 692. The predicted octanol–water partition coefficient (Wildman–Crippen LogP) is 3.06. The molecule has 5 nitrogen and oxygen atoms in total. The van der Waals surface area contributed by atoms with E-state index in [1.54, 1.807) is 13.0 Å². The normalized spacial score (nSPS) is 10.1. The van der Waals surface area contributed by atoms with E-state index >= 15 is 0 Å². The maximum Gasteiger partial charge on any atom is 0.339 e. The number of carbonyl (C=O) groups is 2. The van der Waals surface area contributed by atoms with Gasteiger partial charge in [0.1, 0.15) is 12.4 Å². The number of aromatic carboxylic acids is 1. The standard InChI is InChI=1S/C17H16O5/c1-11-8-13(22-10-12-6-4-3-5-7-12)9-14(16(18)19)15(11)17(20)21-2/h3-9H,10H2,1-2H3,(H,18,19). The van der Waals surface area contributed by atoms with Crippen LogP contribution in [0.5, 0.6) is 5.75 Å². The molecule has 22 heavy (non-hydrogen) atoms. The van der Waals surface area contributed by atoms with Gasteiger partial charge in [0.05, 0.1) is 18.2 Å². The second-order valence-corrected chi connectivity index (χ2v) is 4.73. The highest BCUT2D eigenvalue weighted by Crippen LogP contribution is 2.24. The van der Waals surface area contributed by atoms with E-state index in [1.165, 1.54) is 13.2 Å². The Morgan fingerprint density at radius 3 is 2.41 bits per heavy atom. The van der Waals surface area contributed by atoms with Crippen molar-refractivity contribution in [3.63, 3.8) is 0 Å². The number of methoxy groups -OCH3 is 1. The van der Waals surface area contributed by atoms with Crippen LogP contribution in [0.1, 0.15) is 31.8 Å². The van der Waals surface area contributed by atoms with Crippen molar-refractivity contribution in [2.24, 2.45) is 0 Å². The van der Waals surface area contributed by atoms with Crippen molar-refractivity contribution >= 4 is 11.9 Å². The number of benzene rings is 2. The van der Waals surface area contributed by atoms with Gasteiger partial charge in [-0.15, -0.1) is 0 Å². The first kappa shape index (κ1) is 15.6. The molecule has 0 heterocycles. The van der Waals surface area contributed by atoms with Crippen molar-refractivity contribution < 1.29 is 24.2 Å². The number of rotatable bonds is 5. The summed E-state index contributed by atoms with van der Waals surface area (Å²) >= 11 is 0. The summed E-state index contributed by atoms with van der Waals surface area (Å²) in [4.78, 5) is 23.1. The van der Waals surface area contributed by atoms with E-state index in [0.29, 0.717) is 17.9 Å². The molecule has 0 bridgehead atoms. The Morgan fingerprint density at radius 1 is 1.14 bits per heavy atom. The summed E-state index contributed by atoms with van der Waals surface area (Å²) < 4.78 is 10.3. The Labute approximate surface area is 128 Å². The van der Waals surface area contributed by atoms with E-state index in [-0.39, 0.29) is 11.1 Å². The smallest absolute Gasteiger partial charge is 0.339 e. The molecular formula is C17H16O5. The quantitative estimate of drug-likeness (QED) is 0.859. The minimum atomic E-state index is -1.20. The third-order valence-electron chi connectivity index (χ3n) is 3.18. The van der Waals surface area contributed by atoms with E-state index in [9.17, 15) is 14.7 Å². The van der Waals surface area contributed by atoms with Crippen molar-refractivity contribution in [3.8, 4) is 5.75 Å². The van der Waals surface area contributed by atoms with Crippen molar-refractivity contribution in [2.45, 2.75) is 13.5 Å². The predicted molar refractivity (Wildman–Crippen MR) is 80.3 cm³/mol. The lowest BCUT2D eigenvalue weighted by Gasteiger charge is -2.12. The minimum absolute atomic E-state index is 0.0436. The number of hydrogen-bond donors (Lipinski definition) is 1. The van der Waals surface area contributed by atoms with Gasteiger partial charge in [0, 0.05) is 0 Å². The summed E-state index contributed by atoms with van der Waals surface area (Å²) in [6.07, 6.45) is 0. The van der Waals surface area contributed by atoms with Crippen LogP contribution in [0.15, 0.2) is 42.5 Å². The molecule has 0 saturated carbocycles. The molecule has 2 aromatic rings. The second-order valence-electron chi connectivity index (χ2n) is 4.73. The zero-order chi connectivity index (χ0) is 16.1. The number of esters is 1. The van der Waals surface area contributed by atoms with Crippen molar-refractivity contribution in [1.29, 1.82) is 0 Å². The van der Waals surface area contributed by atoms with Gasteiger partial charge >= 0.3 is 11.9 Å². The van der Waals surface area contributed by atoms with Gasteiger partial charge in [-0.05, 0) is 30.2 Å². The van der Waals surface area contributed by atoms with Crippen LogP contribution >= 0.6 is 0 Å². The average Bonchev–Trinajstić information content (AvgIpc) is 2.52. The van der Waals surface area contributed by atoms with Gasteiger partial charge in [0.25, 0.3) is 0 Å². The van der Waals surface area contributed by atoms with Crippen LogP contribution in [0.4, 0.5) is 0 Å². The Balaban J connectivity index is 2.30. The molecule has 0 unspecified atom stereocenters. The number of carboxylic acids is 1. The summed E-state index contributed by atoms with van der Waals surface area (Å²) in [5.41, 5.74) is 1.38. The van der Waals surface area contributed by atoms with Crippen LogP contribution in [0.3, 0.4) is 0 Å². The zero-order valence-electron chi connectivity index (χ0n) is 12.3. The van der Waals surface area contributed by atoms with Gasteiger partial charge in [0.2, 0.25) is 0 Å². The number of aryl methyl sites for hydroxylation is 1. The molecule has 114 valence electrons. The van der Waals surface area contributed by atoms with Gasteiger partial charge in [-0.2, -0.15) is 0 Å². The molecular weight excluding hydrogens is 284 g/mol. The van der Waals surface area contributed by atoms with Crippen LogP contribution in [-0.2, 0) is 11.3 Å². The monoisotopic (exact) mass is 300 g/mol. The SMILES string of the molecule is COC(=O)c1c(C)cc(OCc2ccccc2)cc1C(=O)O. The molecule has 0 spiro atoms. The van der Waals surface area contributed by atoms with Gasteiger partial charge in [-0.25, -0.2) is 9.59 Å². The summed E-state index contributed by atoms with van der Waals surface area (Å²) in [5.74, 6) is -1.48. The number of carboxylic acid groups (broad SMARTS) is 1. The summed E-state index contributed by atoms with van der Waals surface area (Å²) in [6.45, 7) is 1.96. The summed E-state index contributed by atoms with van der Waals surface area (Å²) in [6, 6.07) is 12.5. The second kappa shape index (κ2) is 6.76. The molecule has 0 amide bonds. The van der Waals surface area contributed by atoms with Crippen LogP contribution in [0, 0.1) is 6.92 Å². The number of ether oxygens (including phenoxy) is 2. The molecule has 0 aliphatic carbocycles. The molecule has 1 N–H and O–H groups in total. The Morgan fingerprint density at radius 2 is 1.82 bits per heavy atom. The molecule has 0 saturated heterocycles. The fraction of sp³-hybridized carbons (Fsp3) is 0.176. The third kappa shape index (κ3) is 3.44. The fourth-order valence-corrected chi connectivity index (χ4v) is 2.12. The molecule has 0 aliphatic heterocycles. The lowest BCUT2D eigenvalue weighted by atomic mass is 10.0. The molecule has 0 fully saturated rings. The van der Waals surface area contributed by atoms with E-state index < -0.39 is 11.9 Å². The fourth-order valence-electron chi connectivity index (χ4n) is 2.12. The van der Waals surface area contributed by atoms with Crippen LogP contribution in [-0.4, -0.2) is 24.2 Å². The minimum Gasteiger partial charge on any atom is -0.489 e. The van der Waals surface area contributed by atoms with E-state index in [0.717, 1.165) is 5.56 Å². The molecule has 2 rings (SSSR count). The molecule has 5 heteroatoms. The first-order chi connectivity index (χ1) is 10.5. The summed E-state index contributed by atoms with van der Waals surface area (Å²) in [5, 5.41) is 9.28. The molecule has 2 aromatic carbocycles. The van der Waals surface area contributed by atoms with Crippen molar-refractivity contribution in [2.75, 3.05) is 7.11 Å². The number of carbonyl (C=O) groups excluding carboxylic acids is 1. The molecule has 0 aromatic heterocycles. The van der Waals surface area contributed by atoms with Gasteiger partial charge in [-0.1, -0.05) is 30.3 Å². The topological polar surface area (TPSA) is 72.8 Å². The largest absolute Gasteiger partial charge is 0.489 e. The van der Waals surface area contributed by atoms with Crippen molar-refractivity contribution in [1.82, 2.24) is 0 Å². The Hall–Kier alpha value is -2.82. The van der Waals surface area contributed by atoms with Crippen LogP contribution in [0.2, 0.25) is 0 Å². The van der Waals surface area contributed by atoms with Gasteiger partial charge < -0.3 is 14.6 Å². The number of hydrogen-bond acceptors (Lipinski definition) is 4.